The number of carbonyl (C=O) groups is 4. The first-order valence-corrected chi connectivity index (χ1v) is 45.0. The minimum atomic E-state index is -4.96. The zero-order valence-corrected chi connectivity index (χ0v) is 67.3. The number of esters is 4. The van der Waals surface area contributed by atoms with Gasteiger partial charge in [0.25, 0.3) is 0 Å². The molecule has 0 amide bonds. The lowest BCUT2D eigenvalue weighted by Gasteiger charge is -2.21. The molecule has 100 heavy (non-hydrogen) atoms. The van der Waals surface area contributed by atoms with Crippen LogP contribution in [0.4, 0.5) is 0 Å². The molecule has 0 aromatic heterocycles. The first-order valence-electron chi connectivity index (χ1n) is 42.0. The Hall–Kier alpha value is -1.94. The summed E-state index contributed by atoms with van der Waals surface area (Å²) >= 11 is 0. The molecule has 17 nitrogen and oxygen atoms in total. The fourth-order valence-corrected chi connectivity index (χ4v) is 14.1. The van der Waals surface area contributed by atoms with E-state index in [1.54, 1.807) is 0 Å². The van der Waals surface area contributed by atoms with Gasteiger partial charge in [-0.25, -0.2) is 9.13 Å². The molecule has 2 unspecified atom stereocenters. The van der Waals surface area contributed by atoms with Gasteiger partial charge in [-0.15, -0.1) is 0 Å². The molecule has 594 valence electrons. The van der Waals surface area contributed by atoms with Crippen molar-refractivity contribution in [1.29, 1.82) is 0 Å². The smallest absolute Gasteiger partial charge is 0.462 e. The number of unbranched alkanes of at least 4 members (excludes halogenated alkanes) is 50. The molecule has 0 bridgehead atoms. The molecule has 19 heteroatoms. The fraction of sp³-hybridized carbons (Fsp3) is 0.951. The molecule has 0 aliphatic heterocycles. The molecular formula is C81H158O17P2. The normalized spacial score (nSPS) is 13.9. The number of aliphatic hydroxyl groups is 1. The molecule has 0 fully saturated rings. The highest BCUT2D eigenvalue weighted by Gasteiger charge is 2.30. The van der Waals surface area contributed by atoms with Gasteiger partial charge >= 0.3 is 39.5 Å². The molecule has 0 aromatic rings. The monoisotopic (exact) mass is 1470 g/mol. The predicted octanol–water partition coefficient (Wildman–Crippen LogP) is 24.3. The van der Waals surface area contributed by atoms with Gasteiger partial charge in [-0.1, -0.05) is 375 Å². The van der Waals surface area contributed by atoms with E-state index in [0.717, 1.165) is 102 Å². The lowest BCUT2D eigenvalue weighted by molar-refractivity contribution is -0.161. The highest BCUT2D eigenvalue weighted by molar-refractivity contribution is 7.47. The summed E-state index contributed by atoms with van der Waals surface area (Å²) in [7, 11) is -9.92. The van der Waals surface area contributed by atoms with Crippen LogP contribution in [0.1, 0.15) is 427 Å². The summed E-state index contributed by atoms with van der Waals surface area (Å²) in [5, 5.41) is 10.6. The highest BCUT2D eigenvalue weighted by Crippen LogP contribution is 2.45. The number of phosphoric ester groups is 2. The van der Waals surface area contributed by atoms with Gasteiger partial charge in [0.2, 0.25) is 0 Å². The first kappa shape index (κ1) is 98.1. The van der Waals surface area contributed by atoms with E-state index in [0.29, 0.717) is 25.7 Å². The molecule has 3 N–H and O–H groups in total. The predicted molar refractivity (Wildman–Crippen MR) is 409 cm³/mol. The molecule has 0 saturated carbocycles. The molecule has 0 radical (unpaired) electrons. The van der Waals surface area contributed by atoms with E-state index in [1.807, 2.05) is 0 Å². The molecule has 0 heterocycles. The van der Waals surface area contributed by atoms with E-state index in [9.17, 15) is 43.2 Å². The molecule has 0 aliphatic rings. The first-order chi connectivity index (χ1) is 48.4. The maximum absolute atomic E-state index is 13.1. The van der Waals surface area contributed by atoms with E-state index < -0.39 is 97.5 Å². The third-order valence-corrected chi connectivity index (χ3v) is 20.9. The zero-order valence-electron chi connectivity index (χ0n) is 65.5. The Morgan fingerprint density at radius 2 is 0.460 bits per heavy atom. The van der Waals surface area contributed by atoms with Crippen molar-refractivity contribution < 1.29 is 80.2 Å². The Labute approximate surface area is 613 Å². The minimum absolute atomic E-state index is 0.107. The number of rotatable bonds is 80. The molecule has 0 rings (SSSR count). The SMILES string of the molecule is CCCCCCCCCCCCCCCCCCCCC(=O)O[C@H](COC(=O)CCCCCCCCCCCCCCC(C)C)COP(=O)(O)OC[C@@H](O)COP(=O)(O)OC[C@@H](COC(=O)CCCCCCCCCCCCCCC)OC(=O)CCCCCCCCCCCCCC(C)C. The number of ether oxygens (including phenoxy) is 4. The van der Waals surface area contributed by atoms with Crippen molar-refractivity contribution in [3.05, 3.63) is 0 Å². The third kappa shape index (κ3) is 74.3. The highest BCUT2D eigenvalue weighted by atomic mass is 31.2. The minimum Gasteiger partial charge on any atom is -0.462 e. The van der Waals surface area contributed by atoms with Crippen LogP contribution < -0.4 is 0 Å². The van der Waals surface area contributed by atoms with Gasteiger partial charge in [0.15, 0.2) is 12.2 Å². The summed E-state index contributed by atoms with van der Waals surface area (Å²) in [6.45, 7) is 9.66. The quantitative estimate of drug-likeness (QED) is 0.0222. The van der Waals surface area contributed by atoms with Crippen LogP contribution in [-0.2, 0) is 65.4 Å². The Morgan fingerprint density at radius 3 is 0.680 bits per heavy atom. The number of carbonyl (C=O) groups excluding carboxylic acids is 4. The lowest BCUT2D eigenvalue weighted by atomic mass is 10.0. The van der Waals surface area contributed by atoms with Crippen molar-refractivity contribution in [2.75, 3.05) is 39.6 Å². The maximum Gasteiger partial charge on any atom is 0.472 e. The summed E-state index contributed by atoms with van der Waals surface area (Å²) in [5.74, 6) is -0.559. The van der Waals surface area contributed by atoms with Crippen molar-refractivity contribution >= 4 is 39.5 Å². The Morgan fingerprint density at radius 1 is 0.270 bits per heavy atom. The van der Waals surface area contributed by atoms with Gasteiger partial charge < -0.3 is 33.8 Å². The maximum atomic E-state index is 13.1. The van der Waals surface area contributed by atoms with Gasteiger partial charge in [-0.2, -0.15) is 0 Å². The summed E-state index contributed by atoms with van der Waals surface area (Å²) in [6.07, 6.45) is 62.3. The molecule has 0 aliphatic carbocycles. The van der Waals surface area contributed by atoms with Gasteiger partial charge in [0.05, 0.1) is 26.4 Å². The zero-order chi connectivity index (χ0) is 73.5. The van der Waals surface area contributed by atoms with Crippen molar-refractivity contribution in [2.45, 2.75) is 445 Å². The second kappa shape index (κ2) is 72.6. The number of phosphoric acid groups is 2. The summed E-state index contributed by atoms with van der Waals surface area (Å²) in [5.41, 5.74) is 0. The van der Waals surface area contributed by atoms with Crippen molar-refractivity contribution in [1.82, 2.24) is 0 Å². The lowest BCUT2D eigenvalue weighted by Crippen LogP contribution is -2.30. The standard InChI is InChI=1S/C81H158O17P2/c1-7-9-11-13-15-17-19-21-22-23-24-25-27-35-41-47-53-59-65-80(85)97-76(69-92-79(84)64-58-52-46-40-34-29-28-31-37-43-49-55-61-73(3)4)71-95-99(87,88)93-67-75(82)68-94-100(89,90)96-72-77(70-91-78(83)63-57-51-45-39-33-26-20-18-16-14-12-10-8-2)98-81(86)66-60-54-48-42-36-30-32-38-44-50-56-62-74(5)6/h73-77,82H,7-72H2,1-6H3,(H,87,88)(H,89,90)/t75-,76-,77-/m1/s1. The van der Waals surface area contributed by atoms with E-state index in [4.69, 9.17) is 37.0 Å². The van der Waals surface area contributed by atoms with E-state index in [-0.39, 0.29) is 25.7 Å². The second-order valence-electron chi connectivity index (χ2n) is 30.1. The Kier molecular flexibility index (Phi) is 71.2. The molecular weight excluding hydrogens is 1310 g/mol. The van der Waals surface area contributed by atoms with E-state index in [2.05, 4.69) is 41.5 Å². The Balaban J connectivity index is 5.27. The number of hydrogen-bond donors (Lipinski definition) is 3. The Bertz CT molecular complexity index is 1920. The van der Waals surface area contributed by atoms with E-state index in [1.165, 1.54) is 244 Å². The van der Waals surface area contributed by atoms with Crippen molar-refractivity contribution in [3.63, 3.8) is 0 Å². The number of hydrogen-bond acceptors (Lipinski definition) is 15. The summed E-state index contributed by atoms with van der Waals surface area (Å²) < 4.78 is 68.8. The van der Waals surface area contributed by atoms with Crippen LogP contribution in [0.3, 0.4) is 0 Å². The van der Waals surface area contributed by atoms with Crippen LogP contribution in [0, 0.1) is 11.8 Å². The van der Waals surface area contributed by atoms with Crippen LogP contribution in [0.5, 0.6) is 0 Å². The average molecular weight is 1470 g/mol. The largest absolute Gasteiger partial charge is 0.472 e. The molecule has 0 aromatic carbocycles. The summed E-state index contributed by atoms with van der Waals surface area (Å²) in [6, 6.07) is 0. The fourth-order valence-electron chi connectivity index (χ4n) is 12.5. The van der Waals surface area contributed by atoms with Crippen LogP contribution >= 0.6 is 15.6 Å². The molecule has 5 atom stereocenters. The summed E-state index contributed by atoms with van der Waals surface area (Å²) in [4.78, 5) is 73.1. The van der Waals surface area contributed by atoms with Gasteiger partial charge in [0, 0.05) is 25.7 Å². The van der Waals surface area contributed by atoms with Crippen molar-refractivity contribution in [2.24, 2.45) is 11.8 Å². The van der Waals surface area contributed by atoms with Gasteiger partial charge in [-0.3, -0.25) is 37.3 Å². The topological polar surface area (TPSA) is 237 Å². The molecule has 0 saturated heterocycles. The average Bonchev–Trinajstić information content (AvgIpc) is 1.43. The second-order valence-corrected chi connectivity index (χ2v) is 33.0. The third-order valence-electron chi connectivity index (χ3n) is 19.0. The van der Waals surface area contributed by atoms with Crippen LogP contribution in [0.2, 0.25) is 0 Å². The van der Waals surface area contributed by atoms with Crippen molar-refractivity contribution in [3.8, 4) is 0 Å². The molecule has 0 spiro atoms. The van der Waals surface area contributed by atoms with E-state index >= 15 is 0 Å². The van der Waals surface area contributed by atoms with Crippen LogP contribution in [0.25, 0.3) is 0 Å². The van der Waals surface area contributed by atoms with Gasteiger partial charge in [-0.05, 0) is 37.5 Å². The van der Waals surface area contributed by atoms with Gasteiger partial charge in [0.1, 0.15) is 19.3 Å². The van der Waals surface area contributed by atoms with Crippen LogP contribution in [0.15, 0.2) is 0 Å². The van der Waals surface area contributed by atoms with Crippen LogP contribution in [-0.4, -0.2) is 96.7 Å². The number of aliphatic hydroxyl groups excluding tert-OH is 1.